The van der Waals surface area contributed by atoms with Gasteiger partial charge in [-0.1, -0.05) is 25.1 Å². The number of nitrogens with zero attached hydrogens (tertiary/aromatic N) is 2. The van der Waals surface area contributed by atoms with Gasteiger partial charge in [-0.15, -0.1) is 11.3 Å². The average molecular weight is 391 g/mol. The highest BCUT2D eigenvalue weighted by Gasteiger charge is 2.30. The molecule has 3 aromatic rings. The van der Waals surface area contributed by atoms with Gasteiger partial charge in [0.15, 0.2) is 5.13 Å². The molecule has 0 aliphatic heterocycles. The summed E-state index contributed by atoms with van der Waals surface area (Å²) in [5, 5.41) is 5.39. The molecule has 0 spiro atoms. The number of anilines is 3. The van der Waals surface area contributed by atoms with Gasteiger partial charge >= 0.3 is 6.18 Å². The van der Waals surface area contributed by atoms with Crippen molar-refractivity contribution in [3.63, 3.8) is 0 Å². The Hall–Kier alpha value is -2.54. The lowest BCUT2D eigenvalue weighted by molar-refractivity contribution is -0.137. The second-order valence-corrected chi connectivity index (χ2v) is 7.07. The molecule has 1 heterocycles. The standard InChI is InChI=1S/C20H20F3N3S/c1-3-11-26(2)17-9-7-14(8-10-17)18-13-27-19(25-18)24-16-6-4-5-15(12-16)20(21,22)23/h4-10,12-13H,3,11H2,1-2H3,(H,24,25). The molecule has 1 aromatic heterocycles. The first-order valence-corrected chi connectivity index (χ1v) is 9.46. The fraction of sp³-hybridized carbons (Fsp3) is 0.250. The maximum atomic E-state index is 12.8. The fourth-order valence-electron chi connectivity index (χ4n) is 2.71. The van der Waals surface area contributed by atoms with E-state index in [0.717, 1.165) is 42.0 Å². The zero-order chi connectivity index (χ0) is 19.4. The minimum atomic E-state index is -4.36. The lowest BCUT2D eigenvalue weighted by Gasteiger charge is -2.18. The second kappa shape index (κ2) is 8.00. The van der Waals surface area contributed by atoms with Crippen molar-refractivity contribution < 1.29 is 13.2 Å². The van der Waals surface area contributed by atoms with Crippen LogP contribution in [0.3, 0.4) is 0 Å². The predicted molar refractivity (Wildman–Crippen MR) is 106 cm³/mol. The second-order valence-electron chi connectivity index (χ2n) is 6.21. The van der Waals surface area contributed by atoms with E-state index in [9.17, 15) is 13.2 Å². The van der Waals surface area contributed by atoms with E-state index in [1.807, 2.05) is 29.6 Å². The van der Waals surface area contributed by atoms with E-state index in [4.69, 9.17) is 0 Å². The average Bonchev–Trinajstić information content (AvgIpc) is 3.10. The predicted octanol–water partition coefficient (Wildman–Crippen LogP) is 6.42. The van der Waals surface area contributed by atoms with Crippen LogP contribution in [0.25, 0.3) is 11.3 Å². The highest BCUT2D eigenvalue weighted by Crippen LogP contribution is 2.33. The summed E-state index contributed by atoms with van der Waals surface area (Å²) >= 11 is 1.36. The molecule has 0 atom stereocenters. The number of hydrogen-bond acceptors (Lipinski definition) is 4. The molecule has 1 N–H and O–H groups in total. The molecule has 7 heteroatoms. The summed E-state index contributed by atoms with van der Waals surface area (Å²) in [5.74, 6) is 0. The number of thiazole rings is 1. The SMILES string of the molecule is CCCN(C)c1ccc(-c2csc(Nc3cccc(C(F)(F)F)c3)n2)cc1. The summed E-state index contributed by atoms with van der Waals surface area (Å²) in [6, 6.07) is 13.2. The Balaban J connectivity index is 1.74. The van der Waals surface area contributed by atoms with Crippen LogP contribution in [-0.4, -0.2) is 18.6 Å². The van der Waals surface area contributed by atoms with Gasteiger partial charge in [-0.3, -0.25) is 0 Å². The van der Waals surface area contributed by atoms with Gasteiger partial charge in [0, 0.05) is 35.9 Å². The Bertz CT molecular complexity index is 888. The molecule has 0 radical (unpaired) electrons. The Morgan fingerprint density at radius 1 is 1.11 bits per heavy atom. The van der Waals surface area contributed by atoms with Crippen LogP contribution in [-0.2, 0) is 6.18 Å². The summed E-state index contributed by atoms with van der Waals surface area (Å²) in [7, 11) is 2.05. The summed E-state index contributed by atoms with van der Waals surface area (Å²) in [4.78, 5) is 6.68. The Kier molecular flexibility index (Phi) is 5.70. The maximum absolute atomic E-state index is 12.8. The first kappa shape index (κ1) is 19.2. The summed E-state index contributed by atoms with van der Waals surface area (Å²) < 4.78 is 38.5. The largest absolute Gasteiger partial charge is 0.416 e. The van der Waals surface area contributed by atoms with Gasteiger partial charge in [-0.2, -0.15) is 13.2 Å². The molecule has 0 saturated carbocycles. The number of hydrogen-bond donors (Lipinski definition) is 1. The van der Waals surface area contributed by atoms with Crippen LogP contribution in [0.4, 0.5) is 29.7 Å². The molecule has 0 fully saturated rings. The van der Waals surface area contributed by atoms with Crippen LogP contribution in [0.5, 0.6) is 0 Å². The van der Waals surface area contributed by atoms with E-state index in [1.54, 1.807) is 6.07 Å². The molecule has 2 aromatic carbocycles. The summed E-state index contributed by atoms with van der Waals surface area (Å²) in [6.07, 6.45) is -3.28. The molecular weight excluding hydrogens is 371 g/mol. The number of rotatable bonds is 6. The molecule has 0 aliphatic rings. The van der Waals surface area contributed by atoms with Crippen molar-refractivity contribution >= 4 is 27.8 Å². The van der Waals surface area contributed by atoms with E-state index >= 15 is 0 Å². The van der Waals surface area contributed by atoms with Crippen molar-refractivity contribution in [3.05, 3.63) is 59.5 Å². The van der Waals surface area contributed by atoms with Crippen LogP contribution in [0.1, 0.15) is 18.9 Å². The van der Waals surface area contributed by atoms with Crippen LogP contribution >= 0.6 is 11.3 Å². The van der Waals surface area contributed by atoms with E-state index in [2.05, 4.69) is 29.2 Å². The van der Waals surface area contributed by atoms with Crippen molar-refractivity contribution in [2.75, 3.05) is 23.8 Å². The minimum Gasteiger partial charge on any atom is -0.375 e. The zero-order valence-corrected chi connectivity index (χ0v) is 15.9. The van der Waals surface area contributed by atoms with Gasteiger partial charge < -0.3 is 10.2 Å². The number of nitrogens with one attached hydrogen (secondary N) is 1. The summed E-state index contributed by atoms with van der Waals surface area (Å²) in [5.41, 5.74) is 2.58. The quantitative estimate of drug-likeness (QED) is 0.526. The fourth-order valence-corrected chi connectivity index (χ4v) is 3.45. The van der Waals surface area contributed by atoms with Gasteiger partial charge in [0.1, 0.15) is 0 Å². The third-order valence-electron chi connectivity index (χ3n) is 4.11. The first-order valence-electron chi connectivity index (χ1n) is 8.58. The number of halogens is 3. The molecular formula is C20H20F3N3S. The summed E-state index contributed by atoms with van der Waals surface area (Å²) in [6.45, 7) is 3.13. The van der Waals surface area contributed by atoms with Gasteiger partial charge in [0.2, 0.25) is 0 Å². The lowest BCUT2D eigenvalue weighted by Crippen LogP contribution is -2.17. The number of benzene rings is 2. The Morgan fingerprint density at radius 2 is 1.85 bits per heavy atom. The Labute approximate surface area is 160 Å². The van der Waals surface area contributed by atoms with E-state index < -0.39 is 11.7 Å². The van der Waals surface area contributed by atoms with Gasteiger partial charge in [-0.05, 0) is 36.8 Å². The number of aromatic nitrogens is 1. The van der Waals surface area contributed by atoms with Gasteiger partial charge in [0.05, 0.1) is 11.3 Å². The normalized spacial score (nSPS) is 11.4. The number of alkyl halides is 3. The van der Waals surface area contributed by atoms with Gasteiger partial charge in [-0.25, -0.2) is 4.98 Å². The monoisotopic (exact) mass is 391 g/mol. The van der Waals surface area contributed by atoms with Crippen LogP contribution in [0, 0.1) is 0 Å². The van der Waals surface area contributed by atoms with Crippen molar-refractivity contribution in [1.82, 2.24) is 4.98 Å². The third-order valence-corrected chi connectivity index (χ3v) is 4.87. The lowest BCUT2D eigenvalue weighted by atomic mass is 10.1. The van der Waals surface area contributed by atoms with Crippen LogP contribution < -0.4 is 10.2 Å². The van der Waals surface area contributed by atoms with Crippen molar-refractivity contribution in [3.8, 4) is 11.3 Å². The maximum Gasteiger partial charge on any atom is 0.416 e. The molecule has 3 rings (SSSR count). The molecule has 0 unspecified atom stereocenters. The smallest absolute Gasteiger partial charge is 0.375 e. The van der Waals surface area contributed by atoms with Crippen LogP contribution in [0.15, 0.2) is 53.9 Å². The van der Waals surface area contributed by atoms with Crippen molar-refractivity contribution in [2.45, 2.75) is 19.5 Å². The van der Waals surface area contributed by atoms with E-state index in [1.165, 1.54) is 17.4 Å². The molecule has 3 nitrogen and oxygen atoms in total. The van der Waals surface area contributed by atoms with Crippen molar-refractivity contribution in [2.24, 2.45) is 0 Å². The first-order chi connectivity index (χ1) is 12.9. The molecule has 27 heavy (non-hydrogen) atoms. The zero-order valence-electron chi connectivity index (χ0n) is 15.0. The molecule has 142 valence electrons. The molecule has 0 aliphatic carbocycles. The Morgan fingerprint density at radius 3 is 2.52 bits per heavy atom. The third kappa shape index (κ3) is 4.80. The topological polar surface area (TPSA) is 28.2 Å². The van der Waals surface area contributed by atoms with E-state index in [0.29, 0.717) is 10.8 Å². The highest BCUT2D eigenvalue weighted by molar-refractivity contribution is 7.14. The van der Waals surface area contributed by atoms with Crippen molar-refractivity contribution in [1.29, 1.82) is 0 Å². The van der Waals surface area contributed by atoms with E-state index in [-0.39, 0.29) is 0 Å². The highest BCUT2D eigenvalue weighted by atomic mass is 32.1. The van der Waals surface area contributed by atoms with Crippen LogP contribution in [0.2, 0.25) is 0 Å². The molecule has 0 bridgehead atoms. The molecule has 0 saturated heterocycles. The minimum absolute atomic E-state index is 0.363. The molecule has 0 amide bonds. The van der Waals surface area contributed by atoms with Gasteiger partial charge in [0.25, 0.3) is 0 Å².